The third-order valence-electron chi connectivity index (χ3n) is 6.47. The summed E-state index contributed by atoms with van der Waals surface area (Å²) in [6.45, 7) is 2.40. The summed E-state index contributed by atoms with van der Waals surface area (Å²) in [7, 11) is -3.26. The number of carbonyl (C=O) groups excluding carboxylic acids is 1. The van der Waals surface area contributed by atoms with Crippen molar-refractivity contribution < 1.29 is 31.3 Å². The van der Waals surface area contributed by atoms with E-state index in [1.165, 1.54) is 40.7 Å². The molecule has 10 nitrogen and oxygen atoms in total. The van der Waals surface area contributed by atoms with Crippen molar-refractivity contribution in [3.63, 3.8) is 0 Å². The number of hydrogen-bond donors (Lipinski definition) is 2. The number of nitro benzene ring substituents is 1. The Hall–Kier alpha value is -3.75. The van der Waals surface area contributed by atoms with E-state index >= 15 is 0 Å². The Balaban J connectivity index is 1.56. The number of aromatic nitrogens is 1. The molecule has 3 aromatic rings. The highest BCUT2D eigenvalue weighted by Crippen LogP contribution is 2.36. The van der Waals surface area contributed by atoms with Crippen LogP contribution in [0.25, 0.3) is 22.5 Å². The summed E-state index contributed by atoms with van der Waals surface area (Å²) in [5.41, 5.74) is 0.0352. The number of halogens is 3. The molecule has 1 fully saturated rings. The molecule has 2 aromatic carbocycles. The second-order valence-electron chi connectivity index (χ2n) is 9.08. The van der Waals surface area contributed by atoms with Crippen LogP contribution in [0.3, 0.4) is 0 Å². The first-order valence-corrected chi connectivity index (χ1v) is 13.8. The Morgan fingerprint density at radius 2 is 1.72 bits per heavy atom. The first-order chi connectivity index (χ1) is 18.3. The molecule has 39 heavy (non-hydrogen) atoms. The Bertz CT molecular complexity index is 1460. The number of nitro groups is 1. The number of para-hydroxylation sites is 1. The van der Waals surface area contributed by atoms with Crippen LogP contribution in [0.4, 0.5) is 18.9 Å². The predicted molar refractivity (Wildman–Crippen MR) is 139 cm³/mol. The van der Waals surface area contributed by atoms with Crippen molar-refractivity contribution in [3.05, 3.63) is 75.8 Å². The lowest BCUT2D eigenvalue weighted by molar-refractivity contribution is -0.384. The number of nitrogens with zero attached hydrogens (tertiary/aromatic N) is 3. The van der Waals surface area contributed by atoms with Crippen molar-refractivity contribution in [2.45, 2.75) is 6.18 Å². The fourth-order valence-electron chi connectivity index (χ4n) is 4.39. The topological polar surface area (TPSA) is 129 Å². The van der Waals surface area contributed by atoms with E-state index < -0.39 is 32.6 Å². The zero-order chi connectivity index (χ0) is 28.4. The molecule has 1 amide bonds. The first kappa shape index (κ1) is 28.3. The van der Waals surface area contributed by atoms with Crippen LogP contribution in [0.2, 0.25) is 0 Å². The highest BCUT2D eigenvalue weighted by molar-refractivity contribution is 7.88. The van der Waals surface area contributed by atoms with Crippen LogP contribution < -0.4 is 5.32 Å². The molecule has 1 aromatic heterocycles. The number of hydrogen-bond acceptors (Lipinski definition) is 6. The number of rotatable bonds is 8. The van der Waals surface area contributed by atoms with Gasteiger partial charge in [0, 0.05) is 51.0 Å². The van der Waals surface area contributed by atoms with Crippen LogP contribution in [0.1, 0.15) is 15.9 Å². The zero-order valence-corrected chi connectivity index (χ0v) is 21.7. The number of benzene rings is 2. The molecule has 0 atom stereocenters. The van der Waals surface area contributed by atoms with Crippen molar-refractivity contribution in [2.75, 3.05) is 45.5 Å². The molecule has 2 N–H and O–H groups in total. The van der Waals surface area contributed by atoms with Crippen molar-refractivity contribution in [3.8, 4) is 22.5 Å². The minimum Gasteiger partial charge on any atom is -0.354 e. The van der Waals surface area contributed by atoms with Crippen LogP contribution in [-0.2, 0) is 16.2 Å². The smallest absolute Gasteiger partial charge is 0.354 e. The van der Waals surface area contributed by atoms with Crippen molar-refractivity contribution in [1.29, 1.82) is 0 Å². The maximum atomic E-state index is 13.2. The van der Waals surface area contributed by atoms with Crippen LogP contribution in [0, 0.1) is 10.1 Å². The zero-order valence-electron chi connectivity index (χ0n) is 20.9. The molecule has 208 valence electrons. The first-order valence-electron chi connectivity index (χ1n) is 11.9. The molecule has 0 bridgehead atoms. The Morgan fingerprint density at radius 1 is 1.08 bits per heavy atom. The van der Waals surface area contributed by atoms with Crippen LogP contribution in [-0.4, -0.2) is 79.0 Å². The molecule has 14 heteroatoms. The van der Waals surface area contributed by atoms with Gasteiger partial charge in [0.25, 0.3) is 11.6 Å². The summed E-state index contributed by atoms with van der Waals surface area (Å²) >= 11 is 0. The molecule has 0 unspecified atom stereocenters. The van der Waals surface area contributed by atoms with E-state index in [9.17, 15) is 36.5 Å². The third kappa shape index (κ3) is 6.64. The van der Waals surface area contributed by atoms with Gasteiger partial charge in [-0.1, -0.05) is 24.3 Å². The van der Waals surface area contributed by atoms with Gasteiger partial charge < -0.3 is 10.3 Å². The minimum absolute atomic E-state index is 0.0982. The van der Waals surface area contributed by atoms with Gasteiger partial charge in [0.1, 0.15) is 0 Å². The highest BCUT2D eigenvalue weighted by Gasteiger charge is 2.30. The molecule has 0 radical (unpaired) electrons. The third-order valence-corrected chi connectivity index (χ3v) is 7.77. The molecular formula is C25H26F3N5O5S. The normalized spacial score (nSPS) is 15.3. The lowest BCUT2D eigenvalue weighted by Gasteiger charge is -2.33. The average Bonchev–Trinajstić information content (AvgIpc) is 3.33. The van der Waals surface area contributed by atoms with E-state index in [1.54, 1.807) is 6.07 Å². The van der Waals surface area contributed by atoms with Crippen LogP contribution in [0.5, 0.6) is 0 Å². The fraction of sp³-hybridized carbons (Fsp3) is 0.320. The minimum atomic E-state index is -4.51. The van der Waals surface area contributed by atoms with Gasteiger partial charge >= 0.3 is 6.18 Å². The molecule has 0 aliphatic carbocycles. The Kier molecular flexibility index (Phi) is 8.09. The average molecular weight is 566 g/mol. The summed E-state index contributed by atoms with van der Waals surface area (Å²) in [6, 6.07) is 11.7. The quantitative estimate of drug-likeness (QED) is 0.317. The SMILES string of the molecule is CS(=O)(=O)N1CCN(CCNC(=O)c2cc(-c3ccc(C(F)(F)F)cc3)[nH]c2-c2ccccc2[N+](=O)[O-])CC1. The second-order valence-corrected chi connectivity index (χ2v) is 11.1. The molecule has 0 spiro atoms. The van der Waals surface area contributed by atoms with Gasteiger partial charge in [0.2, 0.25) is 10.0 Å². The summed E-state index contributed by atoms with van der Waals surface area (Å²) in [5.74, 6) is -0.521. The number of nitrogens with one attached hydrogen (secondary N) is 2. The fourth-order valence-corrected chi connectivity index (χ4v) is 5.22. The van der Waals surface area contributed by atoms with Gasteiger partial charge in [0.05, 0.1) is 33.6 Å². The Labute approximate surface area is 222 Å². The summed E-state index contributed by atoms with van der Waals surface area (Å²) in [6.07, 6.45) is -3.35. The number of aromatic amines is 1. The molecule has 1 saturated heterocycles. The van der Waals surface area contributed by atoms with Crippen molar-refractivity contribution >= 4 is 21.6 Å². The number of alkyl halides is 3. The largest absolute Gasteiger partial charge is 0.416 e. The summed E-state index contributed by atoms with van der Waals surface area (Å²) < 4.78 is 63.8. The van der Waals surface area contributed by atoms with Gasteiger partial charge in [-0.25, -0.2) is 8.42 Å². The lowest BCUT2D eigenvalue weighted by Crippen LogP contribution is -2.49. The lowest BCUT2D eigenvalue weighted by atomic mass is 10.0. The van der Waals surface area contributed by atoms with Gasteiger partial charge in [-0.2, -0.15) is 17.5 Å². The maximum Gasteiger partial charge on any atom is 0.416 e. The van der Waals surface area contributed by atoms with Crippen LogP contribution >= 0.6 is 0 Å². The van der Waals surface area contributed by atoms with Crippen molar-refractivity contribution in [2.24, 2.45) is 0 Å². The van der Waals surface area contributed by atoms with Gasteiger partial charge in [-0.15, -0.1) is 0 Å². The van der Waals surface area contributed by atoms with Gasteiger partial charge in [-0.05, 0) is 29.8 Å². The standard InChI is InChI=1S/C25H26F3N5O5S/c1-39(37,38)32-14-12-31(13-15-32)11-10-29-24(34)20-16-21(17-6-8-18(9-7-17)25(26,27)28)30-23(20)19-4-2-3-5-22(19)33(35)36/h2-9,16,30H,10-15H2,1H3,(H,29,34). The maximum absolute atomic E-state index is 13.2. The van der Waals surface area contributed by atoms with Crippen molar-refractivity contribution in [1.82, 2.24) is 19.5 Å². The van der Waals surface area contributed by atoms with Gasteiger partial charge in [0.15, 0.2) is 0 Å². The monoisotopic (exact) mass is 565 g/mol. The molecule has 1 aliphatic heterocycles. The number of amides is 1. The van der Waals surface area contributed by atoms with Crippen LogP contribution in [0.15, 0.2) is 54.6 Å². The number of carbonyl (C=O) groups is 1. The van der Waals surface area contributed by atoms with E-state index in [1.807, 2.05) is 4.90 Å². The number of piperazine rings is 1. The van der Waals surface area contributed by atoms with E-state index in [0.717, 1.165) is 18.4 Å². The van der Waals surface area contributed by atoms with Gasteiger partial charge in [-0.3, -0.25) is 19.8 Å². The predicted octanol–water partition coefficient (Wildman–Crippen LogP) is 3.58. The highest BCUT2D eigenvalue weighted by atomic mass is 32.2. The number of sulfonamides is 1. The second kappa shape index (κ2) is 11.2. The Morgan fingerprint density at radius 3 is 2.31 bits per heavy atom. The molecule has 4 rings (SSSR count). The van der Waals surface area contributed by atoms with E-state index in [0.29, 0.717) is 44.0 Å². The number of H-pyrrole nitrogens is 1. The molecular weight excluding hydrogens is 539 g/mol. The van der Waals surface area contributed by atoms with E-state index in [-0.39, 0.29) is 29.1 Å². The molecule has 2 heterocycles. The summed E-state index contributed by atoms with van der Waals surface area (Å²) in [4.78, 5) is 29.3. The van der Waals surface area contributed by atoms with E-state index in [4.69, 9.17) is 0 Å². The molecule has 1 aliphatic rings. The molecule has 0 saturated carbocycles. The summed E-state index contributed by atoms with van der Waals surface area (Å²) in [5, 5.41) is 14.4. The van der Waals surface area contributed by atoms with E-state index in [2.05, 4.69) is 10.3 Å².